The standard InChI is InChI=1S/C20H20ClN5OS/c1-27-10-9-25-14-22-24-20(25)28-13-19-23-17-11-16(21)7-8-18(17)26(19)12-15-5-3-2-4-6-15/h2-8,11,14H,9-10,12-13H2,1H3. The highest BCUT2D eigenvalue weighted by atomic mass is 35.5. The van der Waals surface area contributed by atoms with Crippen LogP contribution >= 0.6 is 23.4 Å². The van der Waals surface area contributed by atoms with E-state index in [9.17, 15) is 0 Å². The van der Waals surface area contributed by atoms with Crippen molar-refractivity contribution in [2.24, 2.45) is 0 Å². The van der Waals surface area contributed by atoms with Crippen molar-refractivity contribution < 1.29 is 4.74 Å². The fourth-order valence-corrected chi connectivity index (χ4v) is 4.09. The summed E-state index contributed by atoms with van der Waals surface area (Å²) in [6.07, 6.45) is 1.73. The van der Waals surface area contributed by atoms with Gasteiger partial charge in [0.15, 0.2) is 5.16 Å². The fourth-order valence-electron chi connectivity index (χ4n) is 3.03. The van der Waals surface area contributed by atoms with E-state index in [-0.39, 0.29) is 0 Å². The van der Waals surface area contributed by atoms with Crippen LogP contribution in [-0.2, 0) is 23.6 Å². The van der Waals surface area contributed by atoms with Crippen molar-refractivity contribution in [2.45, 2.75) is 24.0 Å². The summed E-state index contributed by atoms with van der Waals surface area (Å²) in [5, 5.41) is 9.80. The van der Waals surface area contributed by atoms with Gasteiger partial charge < -0.3 is 13.9 Å². The molecule has 4 rings (SSSR count). The molecule has 0 bridgehead atoms. The van der Waals surface area contributed by atoms with Crippen molar-refractivity contribution in [3.8, 4) is 0 Å². The van der Waals surface area contributed by atoms with Gasteiger partial charge >= 0.3 is 0 Å². The second-order valence-electron chi connectivity index (χ2n) is 6.32. The molecule has 0 spiro atoms. The third-order valence-electron chi connectivity index (χ3n) is 4.42. The molecule has 2 aromatic carbocycles. The van der Waals surface area contributed by atoms with Gasteiger partial charge in [0.05, 0.1) is 23.4 Å². The first-order valence-corrected chi connectivity index (χ1v) is 10.3. The van der Waals surface area contributed by atoms with E-state index >= 15 is 0 Å². The minimum atomic E-state index is 0.622. The lowest BCUT2D eigenvalue weighted by Gasteiger charge is -2.10. The lowest BCUT2D eigenvalue weighted by atomic mass is 10.2. The average molecular weight is 414 g/mol. The van der Waals surface area contributed by atoms with Gasteiger partial charge in [-0.3, -0.25) is 0 Å². The lowest BCUT2D eigenvalue weighted by Crippen LogP contribution is -2.06. The van der Waals surface area contributed by atoms with Crippen molar-refractivity contribution in [2.75, 3.05) is 13.7 Å². The molecule has 144 valence electrons. The van der Waals surface area contributed by atoms with Gasteiger partial charge in [-0.25, -0.2) is 4.98 Å². The zero-order chi connectivity index (χ0) is 19.3. The van der Waals surface area contributed by atoms with Crippen LogP contribution in [-0.4, -0.2) is 38.0 Å². The molecule has 0 saturated carbocycles. The van der Waals surface area contributed by atoms with Crippen LogP contribution in [0.15, 0.2) is 60.0 Å². The molecule has 2 aromatic heterocycles. The van der Waals surface area contributed by atoms with Gasteiger partial charge in [-0.15, -0.1) is 10.2 Å². The summed E-state index contributed by atoms with van der Waals surface area (Å²) in [4.78, 5) is 4.84. The summed E-state index contributed by atoms with van der Waals surface area (Å²) in [5.41, 5.74) is 3.20. The largest absolute Gasteiger partial charge is 0.383 e. The molecule has 0 amide bonds. The minimum absolute atomic E-state index is 0.622. The molecular weight excluding hydrogens is 394 g/mol. The summed E-state index contributed by atoms with van der Waals surface area (Å²) in [5.74, 6) is 1.66. The number of ether oxygens (including phenoxy) is 1. The number of hydrogen-bond donors (Lipinski definition) is 0. The van der Waals surface area contributed by atoms with Crippen molar-refractivity contribution in [1.82, 2.24) is 24.3 Å². The Morgan fingerprint density at radius 2 is 2.00 bits per heavy atom. The number of thioether (sulfide) groups is 1. The maximum Gasteiger partial charge on any atom is 0.191 e. The lowest BCUT2D eigenvalue weighted by molar-refractivity contribution is 0.184. The molecule has 8 heteroatoms. The summed E-state index contributed by atoms with van der Waals surface area (Å²) in [7, 11) is 1.69. The smallest absolute Gasteiger partial charge is 0.191 e. The Morgan fingerprint density at radius 3 is 2.82 bits per heavy atom. The molecule has 0 N–H and O–H groups in total. The van der Waals surface area contributed by atoms with Crippen LogP contribution in [0.25, 0.3) is 11.0 Å². The molecule has 0 aliphatic rings. The monoisotopic (exact) mass is 413 g/mol. The topological polar surface area (TPSA) is 57.8 Å². The zero-order valence-electron chi connectivity index (χ0n) is 15.5. The van der Waals surface area contributed by atoms with E-state index in [0.717, 1.165) is 35.1 Å². The number of nitrogens with zero attached hydrogens (tertiary/aromatic N) is 5. The molecular formula is C20H20ClN5OS. The minimum Gasteiger partial charge on any atom is -0.383 e. The fraction of sp³-hybridized carbons (Fsp3) is 0.250. The van der Waals surface area contributed by atoms with E-state index in [1.807, 2.05) is 28.8 Å². The van der Waals surface area contributed by atoms with Crippen molar-refractivity contribution >= 4 is 34.4 Å². The molecule has 4 aromatic rings. The van der Waals surface area contributed by atoms with Gasteiger partial charge in [0.1, 0.15) is 12.2 Å². The predicted octanol–water partition coefficient (Wildman–Crippen LogP) is 4.27. The molecule has 0 atom stereocenters. The number of rotatable bonds is 8. The van der Waals surface area contributed by atoms with Gasteiger partial charge in [-0.05, 0) is 23.8 Å². The molecule has 0 aliphatic heterocycles. The van der Waals surface area contributed by atoms with Crippen LogP contribution in [0.2, 0.25) is 5.02 Å². The van der Waals surface area contributed by atoms with E-state index in [1.165, 1.54) is 5.56 Å². The Balaban J connectivity index is 1.62. The molecule has 0 radical (unpaired) electrons. The molecule has 6 nitrogen and oxygen atoms in total. The first-order chi connectivity index (χ1) is 13.7. The maximum atomic E-state index is 6.18. The molecule has 0 saturated heterocycles. The third-order valence-corrected chi connectivity index (χ3v) is 5.63. The Morgan fingerprint density at radius 1 is 1.14 bits per heavy atom. The number of hydrogen-bond acceptors (Lipinski definition) is 5. The first kappa shape index (κ1) is 19.0. The Kier molecular flexibility index (Phi) is 5.95. The molecule has 0 aliphatic carbocycles. The summed E-state index contributed by atoms with van der Waals surface area (Å²) < 4.78 is 9.39. The SMILES string of the molecule is COCCn1cnnc1SCc1nc2cc(Cl)ccc2n1Cc1ccccc1. The molecule has 0 fully saturated rings. The van der Waals surface area contributed by atoms with E-state index in [0.29, 0.717) is 17.4 Å². The highest BCUT2D eigenvalue weighted by molar-refractivity contribution is 7.98. The van der Waals surface area contributed by atoms with Gasteiger partial charge in [-0.2, -0.15) is 0 Å². The van der Waals surface area contributed by atoms with Crippen LogP contribution in [0.1, 0.15) is 11.4 Å². The number of imidazole rings is 1. The molecule has 0 unspecified atom stereocenters. The first-order valence-electron chi connectivity index (χ1n) is 8.93. The van der Waals surface area contributed by atoms with Gasteiger partial charge in [0.25, 0.3) is 0 Å². The van der Waals surface area contributed by atoms with E-state index in [2.05, 4.69) is 39.0 Å². The molecule has 28 heavy (non-hydrogen) atoms. The number of fused-ring (bicyclic) bond motifs is 1. The zero-order valence-corrected chi connectivity index (χ0v) is 17.0. The summed E-state index contributed by atoms with van der Waals surface area (Å²) in [6.45, 7) is 2.10. The normalized spacial score (nSPS) is 11.4. The van der Waals surface area contributed by atoms with Crippen LogP contribution < -0.4 is 0 Å². The third kappa shape index (κ3) is 4.22. The predicted molar refractivity (Wildman–Crippen MR) is 112 cm³/mol. The Hall–Kier alpha value is -2.35. The second-order valence-corrected chi connectivity index (χ2v) is 7.70. The quantitative estimate of drug-likeness (QED) is 0.404. The van der Waals surface area contributed by atoms with Crippen molar-refractivity contribution in [3.05, 3.63) is 71.3 Å². The van der Waals surface area contributed by atoms with E-state index in [1.54, 1.807) is 25.2 Å². The van der Waals surface area contributed by atoms with Gasteiger partial charge in [-0.1, -0.05) is 53.7 Å². The molecule has 2 heterocycles. The van der Waals surface area contributed by atoms with Crippen LogP contribution in [0.4, 0.5) is 0 Å². The maximum absolute atomic E-state index is 6.18. The van der Waals surface area contributed by atoms with Gasteiger partial charge in [0, 0.05) is 25.2 Å². The number of aromatic nitrogens is 5. The number of methoxy groups -OCH3 is 1. The summed E-state index contributed by atoms with van der Waals surface area (Å²) >= 11 is 7.80. The average Bonchev–Trinajstić information content (AvgIpc) is 3.29. The van der Waals surface area contributed by atoms with Crippen LogP contribution in [0.5, 0.6) is 0 Å². The van der Waals surface area contributed by atoms with E-state index < -0.39 is 0 Å². The highest BCUT2D eigenvalue weighted by Crippen LogP contribution is 2.26. The summed E-state index contributed by atoms with van der Waals surface area (Å²) in [6, 6.07) is 16.2. The van der Waals surface area contributed by atoms with Crippen molar-refractivity contribution in [1.29, 1.82) is 0 Å². The van der Waals surface area contributed by atoms with Crippen LogP contribution in [0.3, 0.4) is 0 Å². The van der Waals surface area contributed by atoms with Crippen molar-refractivity contribution in [3.63, 3.8) is 0 Å². The number of benzene rings is 2. The van der Waals surface area contributed by atoms with E-state index in [4.69, 9.17) is 21.3 Å². The Labute approximate surface area is 172 Å². The second kappa shape index (κ2) is 8.77. The van der Waals surface area contributed by atoms with Gasteiger partial charge in [0.2, 0.25) is 0 Å². The Bertz CT molecular complexity index is 1060. The number of halogens is 1. The van der Waals surface area contributed by atoms with Crippen LogP contribution in [0, 0.1) is 0 Å². The highest BCUT2D eigenvalue weighted by Gasteiger charge is 2.14.